The van der Waals surface area contributed by atoms with Crippen LogP contribution < -0.4 is 20.9 Å². The number of aryl methyl sites for hydroxylation is 1. The van der Waals surface area contributed by atoms with Crippen molar-refractivity contribution in [3.63, 3.8) is 0 Å². The molecule has 0 aliphatic rings. The molecule has 0 aliphatic heterocycles. The number of amides is 2. The van der Waals surface area contributed by atoms with E-state index in [2.05, 4.69) is 46.2 Å². The maximum Gasteiger partial charge on any atom is 0.256 e. The highest BCUT2D eigenvalue weighted by Gasteiger charge is 2.14. The van der Waals surface area contributed by atoms with Gasteiger partial charge in [0.05, 0.1) is 11.9 Å². The predicted molar refractivity (Wildman–Crippen MR) is 196 cm³/mol. The van der Waals surface area contributed by atoms with Gasteiger partial charge in [-0.05, 0) is 94.4 Å². The molecule has 2 amide bonds. The third kappa shape index (κ3) is 12.6. The SMILES string of the molecule is CC=O.CCC(C)c1cccc(N(C)C(=O)/C=C/CN(C)C)c1.Cc1ncnc(N)c1N(C)c1ccc(C(=O)Nc2ccc(F)cn2)cc1. The van der Waals surface area contributed by atoms with Gasteiger partial charge in [-0.1, -0.05) is 32.1 Å². The zero-order valence-electron chi connectivity index (χ0n) is 29.5. The lowest BCUT2D eigenvalue weighted by Crippen LogP contribution is -2.24. The number of benzene rings is 2. The Kier molecular flexibility index (Phi) is 16.2. The average molecular weight is 671 g/mol. The molecule has 12 heteroatoms. The monoisotopic (exact) mass is 670 g/mol. The second-order valence-corrected chi connectivity index (χ2v) is 11.3. The lowest BCUT2D eigenvalue weighted by molar-refractivity contribution is -0.114. The minimum atomic E-state index is -0.463. The summed E-state index contributed by atoms with van der Waals surface area (Å²) in [4.78, 5) is 50.7. The molecule has 11 nitrogen and oxygen atoms in total. The third-order valence-electron chi connectivity index (χ3n) is 7.36. The number of anilines is 5. The number of pyridine rings is 1. The summed E-state index contributed by atoms with van der Waals surface area (Å²) in [6, 6.07) is 17.8. The van der Waals surface area contributed by atoms with Crippen molar-refractivity contribution in [2.75, 3.05) is 55.6 Å². The molecule has 0 radical (unpaired) electrons. The second-order valence-electron chi connectivity index (χ2n) is 11.3. The fourth-order valence-corrected chi connectivity index (χ4v) is 4.38. The summed E-state index contributed by atoms with van der Waals surface area (Å²) < 4.78 is 12.9. The number of hydrogen-bond donors (Lipinski definition) is 2. The molecule has 4 rings (SSSR count). The summed E-state index contributed by atoms with van der Waals surface area (Å²) in [5, 5.41) is 2.61. The van der Waals surface area contributed by atoms with E-state index in [0.717, 1.165) is 42.5 Å². The molecule has 2 aromatic heterocycles. The van der Waals surface area contributed by atoms with Crippen molar-refractivity contribution < 1.29 is 18.8 Å². The van der Waals surface area contributed by atoms with Crippen LogP contribution in [0.4, 0.5) is 33.1 Å². The van der Waals surface area contributed by atoms with E-state index in [1.807, 2.05) is 63.1 Å². The van der Waals surface area contributed by atoms with Gasteiger partial charge >= 0.3 is 0 Å². The Morgan fingerprint density at radius 3 is 2.22 bits per heavy atom. The summed E-state index contributed by atoms with van der Waals surface area (Å²) in [6.45, 7) is 8.45. The fraction of sp³-hybridized carbons (Fsp3) is 0.297. The van der Waals surface area contributed by atoms with Gasteiger partial charge in [-0.15, -0.1) is 0 Å². The molecule has 2 aromatic carbocycles. The standard InChI is InChI=1S/C18H17FN6O.C17H26N2O.C2H4O/c1-11-16(17(20)23-10-22-11)25(2)14-6-3-12(4-7-14)18(26)24-15-8-5-13(19)9-21-15;1-6-14(2)15-9-7-10-16(13-15)19(5)17(20)11-8-12-18(3)4;1-2-3/h3-10H,1-2H3,(H2,20,22,23)(H,21,24,26);7-11,13-14H,6,12H2,1-5H3;2H,1H3/b;11-8+;. The van der Waals surface area contributed by atoms with Gasteiger partial charge in [0, 0.05) is 43.7 Å². The molecule has 2 heterocycles. The van der Waals surface area contributed by atoms with E-state index in [-0.39, 0.29) is 17.6 Å². The number of nitrogens with one attached hydrogen (secondary N) is 1. The molecule has 4 aromatic rings. The van der Waals surface area contributed by atoms with Crippen LogP contribution in [0.25, 0.3) is 0 Å². The Morgan fingerprint density at radius 1 is 0.980 bits per heavy atom. The fourth-order valence-electron chi connectivity index (χ4n) is 4.38. The minimum absolute atomic E-state index is 0.00755. The first-order valence-corrected chi connectivity index (χ1v) is 15.7. The van der Waals surface area contributed by atoms with Gasteiger partial charge < -0.3 is 30.5 Å². The van der Waals surface area contributed by atoms with Gasteiger partial charge in [-0.25, -0.2) is 19.3 Å². The molecule has 49 heavy (non-hydrogen) atoms. The molecule has 0 fully saturated rings. The van der Waals surface area contributed by atoms with Crippen LogP contribution in [-0.2, 0) is 9.59 Å². The van der Waals surface area contributed by atoms with Crippen molar-refractivity contribution in [1.82, 2.24) is 19.9 Å². The van der Waals surface area contributed by atoms with Crippen LogP contribution in [0, 0.1) is 12.7 Å². The summed E-state index contributed by atoms with van der Waals surface area (Å²) in [5.74, 6) is 0.384. The topological polar surface area (TPSA) is 138 Å². The summed E-state index contributed by atoms with van der Waals surface area (Å²) in [6.07, 6.45) is 7.83. The van der Waals surface area contributed by atoms with Crippen LogP contribution >= 0.6 is 0 Å². The summed E-state index contributed by atoms with van der Waals surface area (Å²) in [5.41, 5.74) is 10.9. The highest BCUT2D eigenvalue weighted by atomic mass is 19.1. The number of carbonyl (C=O) groups excluding carboxylic acids is 3. The number of aldehydes is 1. The van der Waals surface area contributed by atoms with E-state index in [1.165, 1.54) is 30.9 Å². The lowest BCUT2D eigenvalue weighted by Gasteiger charge is -2.22. The van der Waals surface area contributed by atoms with Crippen LogP contribution in [0.15, 0.2) is 85.3 Å². The number of nitrogens with two attached hydrogens (primary N) is 1. The van der Waals surface area contributed by atoms with E-state index in [0.29, 0.717) is 23.0 Å². The molecule has 260 valence electrons. The maximum atomic E-state index is 12.9. The molecule has 3 N–H and O–H groups in total. The molecule has 1 unspecified atom stereocenters. The number of nitrogen functional groups attached to an aromatic ring is 1. The van der Waals surface area contributed by atoms with Gasteiger partial charge in [0.25, 0.3) is 5.91 Å². The van der Waals surface area contributed by atoms with Gasteiger partial charge in [0.2, 0.25) is 5.91 Å². The lowest BCUT2D eigenvalue weighted by atomic mass is 9.98. The van der Waals surface area contributed by atoms with Crippen LogP contribution in [-0.4, -0.2) is 72.7 Å². The zero-order valence-corrected chi connectivity index (χ0v) is 29.5. The van der Waals surface area contributed by atoms with E-state index in [1.54, 1.807) is 35.2 Å². The van der Waals surface area contributed by atoms with Crippen molar-refractivity contribution >= 4 is 46.8 Å². The molecular weight excluding hydrogens is 623 g/mol. The number of halogens is 1. The highest BCUT2D eigenvalue weighted by Crippen LogP contribution is 2.30. The quantitative estimate of drug-likeness (QED) is 0.145. The van der Waals surface area contributed by atoms with Gasteiger partial charge in [-0.3, -0.25) is 9.59 Å². The Morgan fingerprint density at radius 2 is 1.65 bits per heavy atom. The Bertz CT molecular complexity index is 1660. The predicted octanol–water partition coefficient (Wildman–Crippen LogP) is 6.41. The van der Waals surface area contributed by atoms with E-state index >= 15 is 0 Å². The smallest absolute Gasteiger partial charge is 0.256 e. The number of nitrogens with zero attached hydrogens (tertiary/aromatic N) is 6. The molecule has 0 saturated heterocycles. The van der Waals surface area contributed by atoms with E-state index < -0.39 is 5.82 Å². The Balaban J connectivity index is 0.000000325. The normalized spacial score (nSPS) is 11.1. The van der Waals surface area contributed by atoms with Crippen LogP contribution in [0.3, 0.4) is 0 Å². The van der Waals surface area contributed by atoms with E-state index in [4.69, 9.17) is 10.5 Å². The minimum Gasteiger partial charge on any atom is -0.382 e. The number of aromatic nitrogens is 3. The largest absolute Gasteiger partial charge is 0.382 e. The molecular formula is C37H47FN8O3. The highest BCUT2D eigenvalue weighted by molar-refractivity contribution is 6.04. The van der Waals surface area contributed by atoms with Gasteiger partial charge in [-0.2, -0.15) is 0 Å². The van der Waals surface area contributed by atoms with Crippen LogP contribution in [0.2, 0.25) is 0 Å². The van der Waals surface area contributed by atoms with Gasteiger partial charge in [0.1, 0.15) is 29.9 Å². The first-order valence-electron chi connectivity index (χ1n) is 15.7. The average Bonchev–Trinajstić information content (AvgIpc) is 3.09. The number of hydrogen-bond acceptors (Lipinski definition) is 9. The number of rotatable bonds is 10. The summed E-state index contributed by atoms with van der Waals surface area (Å²) in [7, 11) is 7.62. The Hall–Kier alpha value is -5.49. The van der Waals surface area contributed by atoms with Crippen molar-refractivity contribution in [2.45, 2.75) is 40.0 Å². The molecule has 0 aliphatic carbocycles. The summed E-state index contributed by atoms with van der Waals surface area (Å²) >= 11 is 0. The molecule has 1 atom stereocenters. The molecule has 0 saturated carbocycles. The van der Waals surface area contributed by atoms with Crippen molar-refractivity contribution in [2.24, 2.45) is 0 Å². The first kappa shape index (κ1) is 39.7. The second kappa shape index (κ2) is 20.0. The van der Waals surface area contributed by atoms with Crippen LogP contribution in [0.5, 0.6) is 0 Å². The van der Waals surface area contributed by atoms with Crippen molar-refractivity contribution in [3.8, 4) is 0 Å². The molecule has 0 bridgehead atoms. The third-order valence-corrected chi connectivity index (χ3v) is 7.36. The van der Waals surface area contributed by atoms with Gasteiger partial charge in [0.15, 0.2) is 5.82 Å². The maximum absolute atomic E-state index is 12.9. The van der Waals surface area contributed by atoms with E-state index in [9.17, 15) is 14.0 Å². The molecule has 0 spiro atoms. The first-order chi connectivity index (χ1) is 23.3. The van der Waals surface area contributed by atoms with Crippen LogP contribution in [0.1, 0.15) is 54.7 Å². The zero-order chi connectivity index (χ0) is 36.5. The number of likely N-dealkylation sites (N-methyl/N-ethyl adjacent to an activating group) is 2. The van der Waals surface area contributed by atoms with Crippen molar-refractivity contribution in [3.05, 3.63) is 108 Å². The van der Waals surface area contributed by atoms with Crippen molar-refractivity contribution in [1.29, 1.82) is 0 Å². The Labute approximate surface area is 288 Å². The number of carbonyl (C=O) groups is 3.